The molecule has 0 amide bonds. The fraction of sp³-hybridized carbons (Fsp3) is 0.778. The van der Waals surface area contributed by atoms with Crippen molar-refractivity contribution < 1.29 is 14.9 Å². The molecule has 0 aromatic heterocycles. The Balaban J connectivity index is 4.23. The van der Waals surface area contributed by atoms with E-state index in [-0.39, 0.29) is 0 Å². The number of rotatable bonds is 5. The molecule has 0 saturated carbocycles. The maximum absolute atomic E-state index is 9.56. The zero-order valence-corrected chi connectivity index (χ0v) is 7.95. The largest absolute Gasteiger partial charge is 0.390 e. The van der Waals surface area contributed by atoms with Crippen LogP contribution in [0.15, 0.2) is 12.7 Å². The van der Waals surface area contributed by atoms with Crippen LogP contribution in [0.4, 0.5) is 0 Å². The van der Waals surface area contributed by atoms with Gasteiger partial charge in [-0.2, -0.15) is 0 Å². The molecule has 0 aromatic carbocycles. The Morgan fingerprint density at radius 1 is 1.58 bits per heavy atom. The molecule has 72 valence electrons. The summed E-state index contributed by atoms with van der Waals surface area (Å²) >= 11 is 0. The predicted molar refractivity (Wildman–Crippen MR) is 47.9 cm³/mol. The van der Waals surface area contributed by atoms with Crippen molar-refractivity contribution in [2.75, 3.05) is 7.11 Å². The molecule has 0 unspecified atom stereocenters. The first-order valence-electron chi connectivity index (χ1n) is 3.97. The summed E-state index contributed by atoms with van der Waals surface area (Å²) in [6.45, 7) is 6.71. The summed E-state index contributed by atoms with van der Waals surface area (Å²) in [6.07, 6.45) is 0.744. The number of aliphatic hydroxyl groups is 2. The second-order valence-corrected chi connectivity index (χ2v) is 3.40. The van der Waals surface area contributed by atoms with Crippen molar-refractivity contribution in [3.05, 3.63) is 12.7 Å². The minimum Gasteiger partial charge on any atom is -0.390 e. The summed E-state index contributed by atoms with van der Waals surface area (Å²) < 4.78 is 4.98. The predicted octanol–water partition coefficient (Wildman–Crippen LogP) is 0.709. The maximum Gasteiger partial charge on any atom is 0.111 e. The van der Waals surface area contributed by atoms with Gasteiger partial charge in [-0.1, -0.05) is 6.08 Å². The molecule has 0 aromatic rings. The van der Waals surface area contributed by atoms with Gasteiger partial charge >= 0.3 is 0 Å². The highest BCUT2D eigenvalue weighted by Crippen LogP contribution is 2.17. The zero-order valence-electron chi connectivity index (χ0n) is 7.95. The van der Waals surface area contributed by atoms with Crippen LogP contribution < -0.4 is 0 Å². The van der Waals surface area contributed by atoms with Crippen LogP contribution in [0, 0.1) is 0 Å². The van der Waals surface area contributed by atoms with E-state index in [1.165, 1.54) is 7.11 Å². The van der Waals surface area contributed by atoms with E-state index in [1.807, 2.05) is 0 Å². The van der Waals surface area contributed by atoms with Crippen molar-refractivity contribution in [3.63, 3.8) is 0 Å². The Hall–Kier alpha value is -0.380. The highest BCUT2D eigenvalue weighted by atomic mass is 16.5. The molecule has 0 aliphatic rings. The normalized spacial score (nSPS) is 17.1. The molecular formula is C9H18O3. The number of hydrogen-bond donors (Lipinski definition) is 2. The van der Waals surface area contributed by atoms with Gasteiger partial charge in [0.25, 0.3) is 0 Å². The smallest absolute Gasteiger partial charge is 0.111 e. The number of hydrogen-bond acceptors (Lipinski definition) is 3. The molecule has 0 heterocycles. The van der Waals surface area contributed by atoms with Crippen LogP contribution in [0.3, 0.4) is 0 Å². The molecule has 0 aliphatic heterocycles. The topological polar surface area (TPSA) is 49.7 Å². The Morgan fingerprint density at radius 3 is 2.33 bits per heavy atom. The molecule has 3 heteroatoms. The highest BCUT2D eigenvalue weighted by molar-refractivity contribution is 4.87. The van der Waals surface area contributed by atoms with Gasteiger partial charge < -0.3 is 14.9 Å². The van der Waals surface area contributed by atoms with Gasteiger partial charge in [0.2, 0.25) is 0 Å². The number of ether oxygens (including phenoxy) is 1. The molecule has 0 bridgehead atoms. The van der Waals surface area contributed by atoms with Crippen molar-refractivity contribution in [2.24, 2.45) is 0 Å². The molecule has 2 atom stereocenters. The molecular weight excluding hydrogens is 156 g/mol. The van der Waals surface area contributed by atoms with E-state index in [0.717, 1.165) is 0 Å². The second-order valence-electron chi connectivity index (χ2n) is 3.40. The van der Waals surface area contributed by atoms with Crippen molar-refractivity contribution in [3.8, 4) is 0 Å². The fourth-order valence-electron chi connectivity index (χ4n) is 1.21. The lowest BCUT2D eigenvalue weighted by Crippen LogP contribution is -2.45. The van der Waals surface area contributed by atoms with Crippen molar-refractivity contribution in [1.29, 1.82) is 0 Å². The Bertz CT molecular complexity index is 137. The van der Waals surface area contributed by atoms with E-state index < -0.39 is 17.8 Å². The molecule has 2 N–H and O–H groups in total. The summed E-state index contributed by atoms with van der Waals surface area (Å²) in [7, 11) is 1.47. The molecule has 3 nitrogen and oxygen atoms in total. The van der Waals surface area contributed by atoms with Gasteiger partial charge in [0.1, 0.15) is 6.10 Å². The maximum atomic E-state index is 9.56. The molecule has 0 aliphatic carbocycles. The monoisotopic (exact) mass is 174 g/mol. The lowest BCUT2D eigenvalue weighted by molar-refractivity contribution is -0.122. The third kappa shape index (κ3) is 3.34. The lowest BCUT2D eigenvalue weighted by Gasteiger charge is -2.31. The minimum absolute atomic E-state index is 0.419. The van der Waals surface area contributed by atoms with Crippen LogP contribution >= 0.6 is 0 Å². The Morgan fingerprint density at radius 2 is 2.08 bits per heavy atom. The second kappa shape index (κ2) is 4.60. The Kier molecular flexibility index (Phi) is 4.45. The van der Waals surface area contributed by atoms with Gasteiger partial charge in [-0.25, -0.2) is 0 Å². The van der Waals surface area contributed by atoms with Crippen LogP contribution in [-0.4, -0.2) is 35.1 Å². The lowest BCUT2D eigenvalue weighted by atomic mass is 9.95. The van der Waals surface area contributed by atoms with E-state index in [9.17, 15) is 10.2 Å². The molecule has 0 spiro atoms. The average Bonchev–Trinajstić information content (AvgIpc) is 1.85. The number of methoxy groups -OCH3 is 1. The molecule has 12 heavy (non-hydrogen) atoms. The standard InChI is InChI=1S/C9H18O3/c1-5-6-7(10)8(12-4)9(2,3)11/h5,7-8,10-11H,1,6H2,2-4H3/t7-,8+/m0/s1. The van der Waals surface area contributed by atoms with E-state index >= 15 is 0 Å². The van der Waals surface area contributed by atoms with Crippen LogP contribution in [0.2, 0.25) is 0 Å². The highest BCUT2D eigenvalue weighted by Gasteiger charge is 2.32. The summed E-state index contributed by atoms with van der Waals surface area (Å²) in [5.41, 5.74) is -1.03. The molecule has 0 rings (SSSR count). The van der Waals surface area contributed by atoms with Crippen LogP contribution in [0.1, 0.15) is 20.3 Å². The van der Waals surface area contributed by atoms with Crippen molar-refractivity contribution in [1.82, 2.24) is 0 Å². The van der Waals surface area contributed by atoms with E-state index in [1.54, 1.807) is 19.9 Å². The summed E-state index contributed by atoms with van der Waals surface area (Å²) in [5.74, 6) is 0. The molecule has 0 fully saturated rings. The van der Waals surface area contributed by atoms with E-state index in [2.05, 4.69) is 6.58 Å². The number of aliphatic hydroxyl groups excluding tert-OH is 1. The van der Waals surface area contributed by atoms with Crippen LogP contribution in [-0.2, 0) is 4.74 Å². The fourth-order valence-corrected chi connectivity index (χ4v) is 1.21. The minimum atomic E-state index is -1.03. The van der Waals surface area contributed by atoms with Crippen molar-refractivity contribution in [2.45, 2.75) is 38.1 Å². The van der Waals surface area contributed by atoms with Gasteiger partial charge in [0.15, 0.2) is 0 Å². The first kappa shape index (κ1) is 11.6. The SMILES string of the molecule is C=CC[C@H](O)[C@@H](OC)C(C)(C)O. The summed E-state index contributed by atoms with van der Waals surface area (Å²) in [6, 6.07) is 0. The van der Waals surface area contributed by atoms with Gasteiger partial charge in [-0.3, -0.25) is 0 Å². The summed E-state index contributed by atoms with van der Waals surface area (Å²) in [5, 5.41) is 19.0. The quantitative estimate of drug-likeness (QED) is 0.603. The Labute approximate surface area is 73.7 Å². The molecule has 0 radical (unpaired) electrons. The van der Waals surface area contributed by atoms with Gasteiger partial charge in [-0.15, -0.1) is 6.58 Å². The van der Waals surface area contributed by atoms with E-state index in [0.29, 0.717) is 6.42 Å². The third-order valence-corrected chi connectivity index (χ3v) is 1.71. The van der Waals surface area contributed by atoms with Gasteiger partial charge in [0, 0.05) is 7.11 Å². The van der Waals surface area contributed by atoms with Gasteiger partial charge in [0.05, 0.1) is 11.7 Å². The van der Waals surface area contributed by atoms with Crippen LogP contribution in [0.25, 0.3) is 0 Å². The first-order valence-corrected chi connectivity index (χ1v) is 3.97. The molecule has 0 saturated heterocycles. The van der Waals surface area contributed by atoms with Crippen molar-refractivity contribution >= 4 is 0 Å². The summed E-state index contributed by atoms with van der Waals surface area (Å²) in [4.78, 5) is 0. The first-order chi connectivity index (χ1) is 5.43. The van der Waals surface area contributed by atoms with E-state index in [4.69, 9.17) is 4.74 Å². The van der Waals surface area contributed by atoms with Gasteiger partial charge in [-0.05, 0) is 20.3 Å². The third-order valence-electron chi connectivity index (χ3n) is 1.71. The zero-order chi connectivity index (χ0) is 9.78. The van der Waals surface area contributed by atoms with Crippen LogP contribution in [0.5, 0.6) is 0 Å². The average molecular weight is 174 g/mol.